The Morgan fingerprint density at radius 1 is 1.20 bits per heavy atom. The Balaban J connectivity index is 0.00000312. The van der Waals surface area contributed by atoms with Gasteiger partial charge in [0.2, 0.25) is 11.8 Å². The van der Waals surface area contributed by atoms with E-state index in [1.807, 2.05) is 38.1 Å². The normalized spacial score (nSPS) is 16.0. The summed E-state index contributed by atoms with van der Waals surface area (Å²) in [7, 11) is 0. The van der Waals surface area contributed by atoms with Crippen LogP contribution in [0.5, 0.6) is 0 Å². The molecule has 25 heavy (non-hydrogen) atoms. The number of nitrogens with two attached hydrogens (primary N) is 1. The van der Waals surface area contributed by atoms with Gasteiger partial charge in [-0.2, -0.15) is 0 Å². The van der Waals surface area contributed by atoms with Crippen molar-refractivity contribution in [2.24, 2.45) is 17.1 Å². The Labute approximate surface area is 155 Å². The highest BCUT2D eigenvalue weighted by molar-refractivity contribution is 5.92. The highest BCUT2D eigenvalue weighted by atomic mass is 35.5. The second kappa shape index (κ2) is 9.75. The molecule has 1 aromatic carbocycles. The van der Waals surface area contributed by atoms with Crippen LogP contribution in [0, 0.1) is 11.3 Å². The van der Waals surface area contributed by atoms with E-state index in [9.17, 15) is 9.59 Å². The summed E-state index contributed by atoms with van der Waals surface area (Å²) < 4.78 is 5.33. The third-order valence-electron chi connectivity index (χ3n) is 4.52. The standard InChI is InChI=1S/C18H27N3O3.ClH/c1-13(2)16(22)21-15-5-3-14(4-6-15)11-20-17(23)18(12-19)7-9-24-10-8-18;/h3-6,13H,7-12,19H2,1-2H3,(H,20,23)(H,21,22);1H. The van der Waals surface area contributed by atoms with Crippen molar-refractivity contribution >= 4 is 29.9 Å². The first-order valence-corrected chi connectivity index (χ1v) is 8.43. The van der Waals surface area contributed by atoms with Crippen LogP contribution in [0.25, 0.3) is 0 Å². The maximum Gasteiger partial charge on any atom is 0.227 e. The van der Waals surface area contributed by atoms with Crippen LogP contribution in [0.2, 0.25) is 0 Å². The monoisotopic (exact) mass is 369 g/mol. The minimum Gasteiger partial charge on any atom is -0.381 e. The Morgan fingerprint density at radius 3 is 2.32 bits per heavy atom. The zero-order chi connectivity index (χ0) is 17.6. The van der Waals surface area contributed by atoms with Crippen LogP contribution in [0.3, 0.4) is 0 Å². The van der Waals surface area contributed by atoms with Gasteiger partial charge < -0.3 is 21.1 Å². The number of hydrogen-bond acceptors (Lipinski definition) is 4. The van der Waals surface area contributed by atoms with Gasteiger partial charge in [-0.25, -0.2) is 0 Å². The molecular weight excluding hydrogens is 342 g/mol. The maximum absolute atomic E-state index is 12.5. The van der Waals surface area contributed by atoms with Crippen LogP contribution in [0.15, 0.2) is 24.3 Å². The van der Waals surface area contributed by atoms with Crippen molar-refractivity contribution in [3.63, 3.8) is 0 Å². The Hall–Kier alpha value is -1.63. The number of ether oxygens (including phenoxy) is 1. The van der Waals surface area contributed by atoms with Crippen molar-refractivity contribution in [2.75, 3.05) is 25.1 Å². The van der Waals surface area contributed by atoms with Gasteiger partial charge in [0.15, 0.2) is 0 Å². The summed E-state index contributed by atoms with van der Waals surface area (Å²) in [4.78, 5) is 24.2. The van der Waals surface area contributed by atoms with Gasteiger partial charge in [-0.05, 0) is 30.5 Å². The molecule has 7 heteroatoms. The highest BCUT2D eigenvalue weighted by Crippen LogP contribution is 2.29. The molecule has 0 radical (unpaired) electrons. The number of benzene rings is 1. The van der Waals surface area contributed by atoms with E-state index in [-0.39, 0.29) is 30.1 Å². The number of rotatable bonds is 6. The molecule has 0 saturated carbocycles. The third kappa shape index (κ3) is 5.70. The zero-order valence-corrected chi connectivity index (χ0v) is 15.7. The van der Waals surface area contributed by atoms with E-state index < -0.39 is 5.41 Å². The summed E-state index contributed by atoms with van der Waals surface area (Å²) in [5, 5.41) is 5.82. The molecule has 1 aromatic rings. The Bertz CT molecular complexity index is 569. The van der Waals surface area contributed by atoms with Crippen molar-refractivity contribution in [1.82, 2.24) is 5.32 Å². The summed E-state index contributed by atoms with van der Waals surface area (Å²) in [6.07, 6.45) is 1.32. The first kappa shape index (κ1) is 21.4. The SMILES string of the molecule is CC(C)C(=O)Nc1ccc(CNC(=O)C2(CN)CCOCC2)cc1.Cl. The minimum atomic E-state index is -0.510. The average molecular weight is 370 g/mol. The molecule has 2 rings (SSSR count). The molecule has 0 atom stereocenters. The number of carbonyl (C=O) groups excluding carboxylic acids is 2. The second-order valence-corrected chi connectivity index (χ2v) is 6.62. The lowest BCUT2D eigenvalue weighted by atomic mass is 9.79. The number of carbonyl (C=O) groups is 2. The molecule has 140 valence electrons. The van der Waals surface area contributed by atoms with Gasteiger partial charge in [-0.1, -0.05) is 26.0 Å². The van der Waals surface area contributed by atoms with Gasteiger partial charge in [0.05, 0.1) is 5.41 Å². The van der Waals surface area contributed by atoms with Crippen LogP contribution in [-0.2, 0) is 20.9 Å². The van der Waals surface area contributed by atoms with Crippen LogP contribution in [0.1, 0.15) is 32.3 Å². The summed E-state index contributed by atoms with van der Waals surface area (Å²) >= 11 is 0. The van der Waals surface area contributed by atoms with Gasteiger partial charge in [0.1, 0.15) is 0 Å². The maximum atomic E-state index is 12.5. The first-order chi connectivity index (χ1) is 11.5. The van der Waals surface area contributed by atoms with Gasteiger partial charge in [-0.3, -0.25) is 9.59 Å². The van der Waals surface area contributed by atoms with Crippen molar-refractivity contribution in [3.05, 3.63) is 29.8 Å². The number of hydrogen-bond donors (Lipinski definition) is 3. The number of nitrogens with one attached hydrogen (secondary N) is 2. The summed E-state index contributed by atoms with van der Waals surface area (Å²) in [6.45, 7) is 5.64. The zero-order valence-electron chi connectivity index (χ0n) is 14.8. The molecule has 1 fully saturated rings. The second-order valence-electron chi connectivity index (χ2n) is 6.62. The quantitative estimate of drug-likeness (QED) is 0.715. The number of anilines is 1. The fraction of sp³-hybridized carbons (Fsp3) is 0.556. The molecule has 0 aliphatic carbocycles. The molecule has 4 N–H and O–H groups in total. The summed E-state index contributed by atoms with van der Waals surface area (Å²) in [5.41, 5.74) is 7.06. The molecule has 1 heterocycles. The van der Waals surface area contributed by atoms with Crippen LogP contribution >= 0.6 is 12.4 Å². The van der Waals surface area contributed by atoms with E-state index in [4.69, 9.17) is 10.5 Å². The lowest BCUT2D eigenvalue weighted by Crippen LogP contribution is -2.48. The van der Waals surface area contributed by atoms with E-state index in [1.54, 1.807) is 0 Å². The van der Waals surface area contributed by atoms with E-state index in [2.05, 4.69) is 10.6 Å². The van der Waals surface area contributed by atoms with Gasteiger partial charge in [-0.15, -0.1) is 12.4 Å². The number of halogens is 1. The molecule has 1 saturated heterocycles. The van der Waals surface area contributed by atoms with E-state index in [0.29, 0.717) is 39.1 Å². The summed E-state index contributed by atoms with van der Waals surface area (Å²) in [5.74, 6) is -0.0816. The predicted octanol–water partition coefficient (Wildman–Crippen LogP) is 2.07. The predicted molar refractivity (Wildman–Crippen MR) is 101 cm³/mol. The summed E-state index contributed by atoms with van der Waals surface area (Å²) in [6, 6.07) is 7.48. The largest absolute Gasteiger partial charge is 0.381 e. The van der Waals surface area contributed by atoms with Gasteiger partial charge in [0, 0.05) is 37.9 Å². The Kier molecular flexibility index (Phi) is 8.35. The van der Waals surface area contributed by atoms with Gasteiger partial charge in [0.25, 0.3) is 0 Å². The van der Waals surface area contributed by atoms with E-state index in [1.165, 1.54) is 0 Å². The van der Waals surface area contributed by atoms with E-state index >= 15 is 0 Å². The van der Waals surface area contributed by atoms with Crippen molar-refractivity contribution in [2.45, 2.75) is 33.2 Å². The molecule has 2 amide bonds. The topological polar surface area (TPSA) is 93.5 Å². The molecule has 0 aromatic heterocycles. The molecule has 6 nitrogen and oxygen atoms in total. The lowest BCUT2D eigenvalue weighted by molar-refractivity contribution is -0.136. The smallest absolute Gasteiger partial charge is 0.227 e. The van der Waals surface area contributed by atoms with Crippen molar-refractivity contribution in [1.29, 1.82) is 0 Å². The third-order valence-corrected chi connectivity index (χ3v) is 4.52. The van der Waals surface area contributed by atoms with Crippen molar-refractivity contribution in [3.8, 4) is 0 Å². The first-order valence-electron chi connectivity index (χ1n) is 8.43. The molecule has 1 aliphatic rings. The molecule has 0 bridgehead atoms. The van der Waals surface area contributed by atoms with E-state index in [0.717, 1.165) is 11.3 Å². The highest BCUT2D eigenvalue weighted by Gasteiger charge is 2.38. The van der Waals surface area contributed by atoms with Crippen LogP contribution in [-0.4, -0.2) is 31.6 Å². The Morgan fingerprint density at radius 2 is 1.80 bits per heavy atom. The van der Waals surface area contributed by atoms with Gasteiger partial charge >= 0.3 is 0 Å². The molecule has 1 aliphatic heterocycles. The fourth-order valence-corrected chi connectivity index (χ4v) is 2.65. The molecule has 0 unspecified atom stereocenters. The average Bonchev–Trinajstić information content (AvgIpc) is 2.61. The van der Waals surface area contributed by atoms with Crippen molar-refractivity contribution < 1.29 is 14.3 Å². The number of amides is 2. The van der Waals surface area contributed by atoms with Crippen LogP contribution < -0.4 is 16.4 Å². The molecule has 0 spiro atoms. The lowest BCUT2D eigenvalue weighted by Gasteiger charge is -2.34. The minimum absolute atomic E-state index is 0. The molecular formula is C18H28ClN3O3. The van der Waals surface area contributed by atoms with Crippen LogP contribution in [0.4, 0.5) is 5.69 Å². The fourth-order valence-electron chi connectivity index (χ4n) is 2.65.